The van der Waals surface area contributed by atoms with Gasteiger partial charge in [0.15, 0.2) is 5.58 Å². The van der Waals surface area contributed by atoms with Crippen LogP contribution in [-0.2, 0) is 0 Å². The van der Waals surface area contributed by atoms with Gasteiger partial charge in [0.05, 0.1) is 5.69 Å². The van der Waals surface area contributed by atoms with Crippen molar-refractivity contribution < 1.29 is 4.52 Å². The fraction of sp³-hybridized carbons (Fsp3) is 0.462. The van der Waals surface area contributed by atoms with E-state index in [4.69, 9.17) is 4.52 Å². The maximum absolute atomic E-state index is 5.08. The lowest BCUT2D eigenvalue weighted by molar-refractivity contribution is 0.450. The van der Waals surface area contributed by atoms with Crippen molar-refractivity contribution in [3.63, 3.8) is 0 Å². The average Bonchev–Trinajstić information content (AvgIpc) is 2.68. The molecule has 0 amide bonds. The molecule has 15 heavy (non-hydrogen) atoms. The Hall–Kier alpha value is -1.31. The van der Waals surface area contributed by atoms with Crippen LogP contribution >= 0.6 is 0 Å². The minimum Gasteiger partial charge on any atom is -0.356 e. The van der Waals surface area contributed by atoms with E-state index in [2.05, 4.69) is 18.1 Å². The van der Waals surface area contributed by atoms with E-state index in [-0.39, 0.29) is 0 Å². The minimum absolute atomic E-state index is 0.877. The van der Waals surface area contributed by atoms with Gasteiger partial charge in [-0.1, -0.05) is 45.0 Å². The van der Waals surface area contributed by atoms with Crippen LogP contribution in [0.15, 0.2) is 22.7 Å². The third-order valence-corrected chi connectivity index (χ3v) is 1.88. The SMILES string of the molecule is CC.CC.Cc1cccc2onc(C)c12. The fourth-order valence-corrected chi connectivity index (χ4v) is 1.34. The van der Waals surface area contributed by atoms with E-state index in [1.54, 1.807) is 0 Å². The lowest BCUT2D eigenvalue weighted by Gasteiger charge is -1.91. The lowest BCUT2D eigenvalue weighted by Crippen LogP contribution is -1.75. The molecule has 2 nitrogen and oxygen atoms in total. The molecule has 84 valence electrons. The Balaban J connectivity index is 0.000000442. The molecule has 0 aliphatic rings. The largest absolute Gasteiger partial charge is 0.356 e. The second kappa shape index (κ2) is 7.04. The summed E-state index contributed by atoms with van der Waals surface area (Å²) in [7, 11) is 0. The summed E-state index contributed by atoms with van der Waals surface area (Å²) >= 11 is 0. The topological polar surface area (TPSA) is 26.0 Å². The molecule has 0 aliphatic carbocycles. The Kier molecular flexibility index (Phi) is 6.43. The van der Waals surface area contributed by atoms with Crippen molar-refractivity contribution in [1.82, 2.24) is 5.16 Å². The Bertz CT molecular complexity index is 390. The summed E-state index contributed by atoms with van der Waals surface area (Å²) in [6, 6.07) is 5.97. The molecule has 0 fully saturated rings. The maximum Gasteiger partial charge on any atom is 0.167 e. The first-order chi connectivity index (χ1) is 7.29. The number of hydrogen-bond donors (Lipinski definition) is 0. The zero-order valence-electron chi connectivity index (χ0n) is 10.6. The third-order valence-electron chi connectivity index (χ3n) is 1.88. The van der Waals surface area contributed by atoms with Gasteiger partial charge in [0.25, 0.3) is 0 Å². The first-order valence-corrected chi connectivity index (χ1v) is 5.60. The Morgan fingerprint density at radius 1 is 1.00 bits per heavy atom. The van der Waals surface area contributed by atoms with Crippen LogP contribution in [-0.4, -0.2) is 5.16 Å². The van der Waals surface area contributed by atoms with Crippen LogP contribution in [0.1, 0.15) is 39.0 Å². The van der Waals surface area contributed by atoms with Gasteiger partial charge in [0, 0.05) is 5.39 Å². The molecule has 0 saturated carbocycles. The van der Waals surface area contributed by atoms with Crippen molar-refractivity contribution in [3.05, 3.63) is 29.5 Å². The van der Waals surface area contributed by atoms with Gasteiger partial charge < -0.3 is 4.52 Å². The van der Waals surface area contributed by atoms with E-state index in [1.165, 1.54) is 5.56 Å². The summed E-state index contributed by atoms with van der Waals surface area (Å²) < 4.78 is 5.08. The van der Waals surface area contributed by atoms with Crippen molar-refractivity contribution in [1.29, 1.82) is 0 Å². The Morgan fingerprint density at radius 2 is 1.60 bits per heavy atom. The first kappa shape index (κ1) is 13.7. The summed E-state index contributed by atoms with van der Waals surface area (Å²) in [6.07, 6.45) is 0. The first-order valence-electron chi connectivity index (χ1n) is 5.60. The minimum atomic E-state index is 0.877. The van der Waals surface area contributed by atoms with Crippen LogP contribution < -0.4 is 0 Å². The van der Waals surface area contributed by atoms with Crippen LogP contribution in [0, 0.1) is 13.8 Å². The van der Waals surface area contributed by atoms with Crippen LogP contribution in [0.3, 0.4) is 0 Å². The molecule has 0 spiro atoms. The molecule has 2 heteroatoms. The summed E-state index contributed by atoms with van der Waals surface area (Å²) in [5.74, 6) is 0. The Labute approximate surface area is 92.3 Å². The molecule has 2 rings (SSSR count). The van der Waals surface area contributed by atoms with Gasteiger partial charge in [-0.05, 0) is 25.5 Å². The summed E-state index contributed by atoms with van der Waals surface area (Å²) in [5, 5.41) is 5.03. The molecule has 1 aromatic heterocycles. The standard InChI is InChI=1S/C9H9NO.2C2H6/c1-6-4-3-5-8-9(6)7(2)10-11-8;2*1-2/h3-5H,1-2H3;2*1-2H3. The van der Waals surface area contributed by atoms with Gasteiger partial charge >= 0.3 is 0 Å². The van der Waals surface area contributed by atoms with Gasteiger partial charge in [-0.25, -0.2) is 0 Å². The molecule has 0 aliphatic heterocycles. The number of fused-ring (bicyclic) bond motifs is 1. The molecular weight excluding hydrogens is 186 g/mol. The highest BCUT2D eigenvalue weighted by Gasteiger charge is 2.04. The van der Waals surface area contributed by atoms with Gasteiger partial charge in [-0.3, -0.25) is 0 Å². The quantitative estimate of drug-likeness (QED) is 0.635. The summed E-state index contributed by atoms with van der Waals surface area (Å²) in [4.78, 5) is 0. The van der Waals surface area contributed by atoms with Crippen LogP contribution in [0.2, 0.25) is 0 Å². The van der Waals surface area contributed by atoms with Gasteiger partial charge in [-0.2, -0.15) is 0 Å². The van der Waals surface area contributed by atoms with E-state index >= 15 is 0 Å². The van der Waals surface area contributed by atoms with E-state index < -0.39 is 0 Å². The average molecular weight is 207 g/mol. The summed E-state index contributed by atoms with van der Waals surface area (Å²) in [6.45, 7) is 12.0. The molecule has 2 aromatic rings. The number of hydrogen-bond acceptors (Lipinski definition) is 2. The van der Waals surface area contributed by atoms with Crippen LogP contribution in [0.4, 0.5) is 0 Å². The molecular formula is C13H21NO. The number of benzene rings is 1. The number of nitrogens with zero attached hydrogens (tertiary/aromatic N) is 1. The highest BCUT2D eigenvalue weighted by atomic mass is 16.5. The van der Waals surface area contributed by atoms with Gasteiger partial charge in [0.2, 0.25) is 0 Å². The monoisotopic (exact) mass is 207 g/mol. The molecule has 0 N–H and O–H groups in total. The predicted octanol–water partition coefficient (Wildman–Crippen LogP) is 4.50. The molecule has 0 saturated heterocycles. The molecule has 1 aromatic carbocycles. The van der Waals surface area contributed by atoms with Crippen molar-refractivity contribution in [3.8, 4) is 0 Å². The van der Waals surface area contributed by atoms with E-state index in [9.17, 15) is 0 Å². The summed E-state index contributed by atoms with van der Waals surface area (Å²) in [5.41, 5.74) is 3.07. The van der Waals surface area contributed by atoms with E-state index in [0.29, 0.717) is 0 Å². The normalized spacial score (nSPS) is 8.67. The van der Waals surface area contributed by atoms with Crippen molar-refractivity contribution in [2.75, 3.05) is 0 Å². The van der Waals surface area contributed by atoms with Crippen molar-refractivity contribution in [2.24, 2.45) is 0 Å². The second-order valence-electron chi connectivity index (χ2n) is 2.72. The van der Waals surface area contributed by atoms with E-state index in [0.717, 1.165) is 16.7 Å². The zero-order chi connectivity index (χ0) is 11.8. The fourth-order valence-electron chi connectivity index (χ4n) is 1.34. The Morgan fingerprint density at radius 3 is 2.13 bits per heavy atom. The number of aromatic nitrogens is 1. The number of aryl methyl sites for hydroxylation is 2. The van der Waals surface area contributed by atoms with E-state index in [1.807, 2.05) is 46.8 Å². The second-order valence-corrected chi connectivity index (χ2v) is 2.72. The smallest absolute Gasteiger partial charge is 0.167 e. The van der Waals surface area contributed by atoms with Gasteiger partial charge in [0.1, 0.15) is 0 Å². The van der Waals surface area contributed by atoms with Crippen molar-refractivity contribution >= 4 is 11.0 Å². The molecule has 0 unspecified atom stereocenters. The van der Waals surface area contributed by atoms with Crippen LogP contribution in [0.5, 0.6) is 0 Å². The number of rotatable bonds is 0. The maximum atomic E-state index is 5.08. The third kappa shape index (κ3) is 3.08. The van der Waals surface area contributed by atoms with Crippen LogP contribution in [0.25, 0.3) is 11.0 Å². The molecule has 0 atom stereocenters. The highest BCUT2D eigenvalue weighted by molar-refractivity contribution is 5.82. The van der Waals surface area contributed by atoms with Gasteiger partial charge in [-0.15, -0.1) is 0 Å². The predicted molar refractivity (Wildman–Crippen MR) is 66.2 cm³/mol. The molecule has 1 heterocycles. The zero-order valence-corrected chi connectivity index (χ0v) is 10.6. The highest BCUT2D eigenvalue weighted by Crippen LogP contribution is 2.20. The van der Waals surface area contributed by atoms with Crippen molar-refractivity contribution in [2.45, 2.75) is 41.5 Å². The lowest BCUT2D eigenvalue weighted by atomic mass is 10.1. The molecule has 0 radical (unpaired) electrons. The molecule has 0 bridgehead atoms.